The van der Waals surface area contributed by atoms with Crippen molar-refractivity contribution in [1.82, 2.24) is 10.2 Å². The Morgan fingerprint density at radius 3 is 1.95 bits per heavy atom. The van der Waals surface area contributed by atoms with Crippen LogP contribution < -0.4 is 5.32 Å². The van der Waals surface area contributed by atoms with Gasteiger partial charge in [0.05, 0.1) is 0 Å². The van der Waals surface area contributed by atoms with Crippen LogP contribution in [0.15, 0.2) is 0 Å². The van der Waals surface area contributed by atoms with Crippen molar-refractivity contribution in [3.05, 3.63) is 0 Å². The van der Waals surface area contributed by atoms with E-state index in [9.17, 15) is 9.59 Å². The van der Waals surface area contributed by atoms with E-state index in [1.54, 1.807) is 0 Å². The number of carbonyl (C=O) groups is 2. The zero-order valence-electron chi connectivity index (χ0n) is 15.0. The van der Waals surface area contributed by atoms with Crippen LogP contribution in [0.2, 0.25) is 0 Å². The van der Waals surface area contributed by atoms with Gasteiger partial charge in [0, 0.05) is 32.0 Å². The Kier molecular flexibility index (Phi) is 16.2. The Morgan fingerprint density at radius 2 is 1.52 bits per heavy atom. The third-order valence-electron chi connectivity index (χ3n) is 3.23. The van der Waals surface area contributed by atoms with Gasteiger partial charge in [-0.2, -0.15) is 0 Å². The van der Waals surface area contributed by atoms with Crippen molar-refractivity contribution in [2.45, 2.75) is 73.6 Å². The fourth-order valence-electron chi connectivity index (χ4n) is 2.16. The molecule has 1 saturated heterocycles. The van der Waals surface area contributed by atoms with Crippen molar-refractivity contribution in [2.75, 3.05) is 19.6 Å². The quantitative estimate of drug-likeness (QED) is 0.843. The molecular formula is C17H36N2O2. The fourth-order valence-corrected chi connectivity index (χ4v) is 2.16. The highest BCUT2D eigenvalue weighted by Crippen LogP contribution is 2.18. The number of piperidine rings is 1. The summed E-state index contributed by atoms with van der Waals surface area (Å²) in [6.07, 6.45) is 4.12. The number of nitrogens with zero attached hydrogens (tertiary/aromatic N) is 1. The lowest BCUT2D eigenvalue weighted by Crippen LogP contribution is -2.43. The van der Waals surface area contributed by atoms with Crippen LogP contribution in [-0.2, 0) is 9.59 Å². The summed E-state index contributed by atoms with van der Waals surface area (Å²) in [6.45, 7) is 14.3. The second kappa shape index (κ2) is 15.3. The van der Waals surface area contributed by atoms with E-state index in [4.69, 9.17) is 0 Å². The van der Waals surface area contributed by atoms with Crippen molar-refractivity contribution in [3.8, 4) is 0 Å². The van der Waals surface area contributed by atoms with Crippen LogP contribution in [0.25, 0.3) is 0 Å². The van der Waals surface area contributed by atoms with Gasteiger partial charge in [-0.15, -0.1) is 0 Å². The summed E-state index contributed by atoms with van der Waals surface area (Å²) < 4.78 is 0. The van der Waals surface area contributed by atoms with Crippen LogP contribution in [-0.4, -0.2) is 36.3 Å². The molecule has 0 aromatic carbocycles. The smallest absolute Gasteiger partial charge is 0.223 e. The first kappa shape index (κ1) is 22.2. The zero-order chi connectivity index (χ0) is 16.7. The molecule has 0 aliphatic carbocycles. The van der Waals surface area contributed by atoms with Crippen molar-refractivity contribution >= 4 is 11.8 Å². The molecule has 0 radical (unpaired) electrons. The number of likely N-dealkylation sites (tertiary alicyclic amines) is 1. The number of hydrogen-bond acceptors (Lipinski definition) is 2. The van der Waals surface area contributed by atoms with Crippen LogP contribution in [0.3, 0.4) is 0 Å². The topological polar surface area (TPSA) is 49.4 Å². The highest BCUT2D eigenvalue weighted by molar-refractivity contribution is 5.80. The first-order valence-electron chi connectivity index (χ1n) is 8.74. The largest absolute Gasteiger partial charge is 0.356 e. The van der Waals surface area contributed by atoms with Gasteiger partial charge in [-0.05, 0) is 25.7 Å². The molecule has 1 fully saturated rings. The highest BCUT2D eigenvalue weighted by atomic mass is 16.2. The normalized spacial score (nSPS) is 14.3. The Labute approximate surface area is 131 Å². The van der Waals surface area contributed by atoms with Gasteiger partial charge in [0.2, 0.25) is 11.8 Å². The minimum atomic E-state index is 0.104. The van der Waals surface area contributed by atoms with Crippen LogP contribution >= 0.6 is 0 Å². The SMILES string of the molecule is CC.CC.CCCNC(=O)C1CCN(C(=O)CCC)CC1. The van der Waals surface area contributed by atoms with Gasteiger partial charge in [0.1, 0.15) is 0 Å². The van der Waals surface area contributed by atoms with E-state index < -0.39 is 0 Å². The molecule has 0 aromatic rings. The predicted octanol–water partition coefficient (Wildman–Crippen LogP) is 3.60. The lowest BCUT2D eigenvalue weighted by atomic mass is 9.95. The lowest BCUT2D eigenvalue weighted by molar-refractivity contribution is -0.135. The Morgan fingerprint density at radius 1 is 1.00 bits per heavy atom. The molecule has 4 heteroatoms. The maximum Gasteiger partial charge on any atom is 0.223 e. The molecule has 21 heavy (non-hydrogen) atoms. The van der Waals surface area contributed by atoms with Crippen LogP contribution in [0.5, 0.6) is 0 Å². The van der Waals surface area contributed by atoms with Gasteiger partial charge in [0.25, 0.3) is 0 Å². The standard InChI is InChI=1S/C13H24N2O2.2C2H6/c1-3-5-12(16)15-9-6-11(7-10-15)13(17)14-8-4-2;2*1-2/h11H,3-10H2,1-2H3,(H,14,17);2*1-2H3. The van der Waals surface area contributed by atoms with E-state index >= 15 is 0 Å². The molecule has 126 valence electrons. The molecule has 0 atom stereocenters. The van der Waals surface area contributed by atoms with Crippen molar-refractivity contribution in [1.29, 1.82) is 0 Å². The second-order valence-electron chi connectivity index (χ2n) is 4.70. The number of hydrogen-bond donors (Lipinski definition) is 1. The monoisotopic (exact) mass is 300 g/mol. The molecule has 1 rings (SSSR count). The van der Waals surface area contributed by atoms with E-state index in [-0.39, 0.29) is 17.7 Å². The molecule has 0 spiro atoms. The lowest BCUT2D eigenvalue weighted by Gasteiger charge is -2.31. The summed E-state index contributed by atoms with van der Waals surface area (Å²) >= 11 is 0. The van der Waals surface area contributed by atoms with Gasteiger partial charge in [0.15, 0.2) is 0 Å². The molecule has 4 nitrogen and oxygen atoms in total. The molecule has 0 saturated carbocycles. The molecule has 2 amide bonds. The van der Waals surface area contributed by atoms with E-state index in [1.165, 1.54) is 0 Å². The summed E-state index contributed by atoms with van der Waals surface area (Å²) in [4.78, 5) is 25.3. The van der Waals surface area contributed by atoms with Crippen molar-refractivity contribution in [2.24, 2.45) is 5.92 Å². The van der Waals surface area contributed by atoms with Gasteiger partial charge < -0.3 is 10.2 Å². The molecule has 0 bridgehead atoms. The average molecular weight is 300 g/mol. The molecule has 1 N–H and O–H groups in total. The molecule has 0 unspecified atom stereocenters. The fraction of sp³-hybridized carbons (Fsp3) is 0.882. The molecule has 1 heterocycles. The molecule has 1 aliphatic heterocycles. The molecule has 1 aliphatic rings. The molecular weight excluding hydrogens is 264 g/mol. The number of rotatable bonds is 5. The summed E-state index contributed by atoms with van der Waals surface area (Å²) in [6, 6.07) is 0. The van der Waals surface area contributed by atoms with E-state index in [0.29, 0.717) is 6.42 Å². The first-order valence-corrected chi connectivity index (χ1v) is 8.74. The number of nitrogens with one attached hydrogen (secondary N) is 1. The minimum Gasteiger partial charge on any atom is -0.356 e. The number of carbonyl (C=O) groups excluding carboxylic acids is 2. The summed E-state index contributed by atoms with van der Waals surface area (Å²) in [5.41, 5.74) is 0. The third-order valence-corrected chi connectivity index (χ3v) is 3.23. The van der Waals surface area contributed by atoms with E-state index in [1.807, 2.05) is 46.4 Å². The average Bonchev–Trinajstić information content (AvgIpc) is 2.56. The van der Waals surface area contributed by atoms with Gasteiger partial charge in [-0.3, -0.25) is 9.59 Å². The van der Waals surface area contributed by atoms with Gasteiger partial charge in [-0.1, -0.05) is 41.5 Å². The minimum absolute atomic E-state index is 0.104. The second-order valence-corrected chi connectivity index (χ2v) is 4.70. The maximum atomic E-state index is 11.7. The first-order chi connectivity index (χ1) is 10.2. The summed E-state index contributed by atoms with van der Waals surface area (Å²) in [5.74, 6) is 0.501. The van der Waals surface area contributed by atoms with Crippen molar-refractivity contribution < 1.29 is 9.59 Å². The maximum absolute atomic E-state index is 11.7. The summed E-state index contributed by atoms with van der Waals surface area (Å²) in [5, 5.41) is 2.93. The van der Waals surface area contributed by atoms with E-state index in [2.05, 4.69) is 5.32 Å². The van der Waals surface area contributed by atoms with E-state index in [0.717, 1.165) is 45.3 Å². The van der Waals surface area contributed by atoms with Crippen LogP contribution in [0.1, 0.15) is 73.6 Å². The summed E-state index contributed by atoms with van der Waals surface area (Å²) in [7, 11) is 0. The predicted molar refractivity (Wildman–Crippen MR) is 90.2 cm³/mol. The Hall–Kier alpha value is -1.06. The Bertz CT molecular complexity index is 260. The van der Waals surface area contributed by atoms with Gasteiger partial charge in [-0.25, -0.2) is 0 Å². The Balaban J connectivity index is 0. The number of amides is 2. The van der Waals surface area contributed by atoms with Crippen LogP contribution in [0, 0.1) is 5.92 Å². The van der Waals surface area contributed by atoms with Gasteiger partial charge >= 0.3 is 0 Å². The highest BCUT2D eigenvalue weighted by Gasteiger charge is 2.26. The third kappa shape index (κ3) is 9.48. The molecule has 0 aromatic heterocycles. The zero-order valence-corrected chi connectivity index (χ0v) is 15.0. The van der Waals surface area contributed by atoms with Crippen molar-refractivity contribution in [3.63, 3.8) is 0 Å². The van der Waals surface area contributed by atoms with Crippen LogP contribution in [0.4, 0.5) is 0 Å².